The quantitative estimate of drug-likeness (QED) is 0.0781. The van der Waals surface area contributed by atoms with Gasteiger partial charge in [-0.1, -0.05) is 69.7 Å². The highest BCUT2D eigenvalue weighted by Crippen LogP contribution is 2.70. The van der Waals surface area contributed by atoms with E-state index in [2.05, 4.69) is 21.3 Å². The van der Waals surface area contributed by atoms with Crippen LogP contribution in [-0.4, -0.2) is 128 Å². The zero-order valence-electron chi connectivity index (χ0n) is 38.8. The molecule has 3 fully saturated rings. The van der Waals surface area contributed by atoms with Crippen LogP contribution in [0.4, 0.5) is 4.39 Å². The Morgan fingerprint density at radius 1 is 0.924 bits per heavy atom. The fourth-order valence-corrected chi connectivity index (χ4v) is 12.5. The number of aliphatic hydroxyl groups is 3. The Morgan fingerprint density at radius 2 is 1.58 bits per heavy atom. The lowest BCUT2D eigenvalue weighted by molar-refractivity contribution is -0.218. The van der Waals surface area contributed by atoms with Crippen LogP contribution in [0.15, 0.2) is 54.1 Å². The molecule has 66 heavy (non-hydrogen) atoms. The van der Waals surface area contributed by atoms with Crippen molar-refractivity contribution in [3.05, 3.63) is 59.7 Å². The van der Waals surface area contributed by atoms with Gasteiger partial charge in [-0.3, -0.25) is 33.6 Å². The van der Waals surface area contributed by atoms with Gasteiger partial charge in [0.05, 0.1) is 11.9 Å². The molecular formula is C48H68FN5O10S2. The van der Waals surface area contributed by atoms with Crippen LogP contribution in [-0.2, 0) is 40.0 Å². The summed E-state index contributed by atoms with van der Waals surface area (Å²) in [6.45, 7) is 8.18. The molecule has 0 heterocycles. The van der Waals surface area contributed by atoms with Crippen molar-refractivity contribution in [2.24, 2.45) is 40.2 Å². The van der Waals surface area contributed by atoms with Crippen molar-refractivity contribution in [2.75, 3.05) is 30.1 Å². The van der Waals surface area contributed by atoms with Crippen molar-refractivity contribution in [1.29, 1.82) is 0 Å². The van der Waals surface area contributed by atoms with E-state index in [0.717, 1.165) is 11.8 Å². The number of alkyl halides is 1. The minimum absolute atomic E-state index is 0.0447. The molecule has 364 valence electrons. The highest BCUT2D eigenvalue weighted by atomic mass is 32.2. The summed E-state index contributed by atoms with van der Waals surface area (Å²) in [5.41, 5.74) is 0.613. The molecule has 9 N–H and O–H groups in total. The van der Waals surface area contributed by atoms with Crippen LogP contribution < -0.4 is 27.0 Å². The first-order valence-electron chi connectivity index (χ1n) is 22.9. The molecule has 1 aromatic rings. The Hall–Kier alpha value is -4.10. The Bertz CT molecular complexity index is 2060. The van der Waals surface area contributed by atoms with Gasteiger partial charge in [0.2, 0.25) is 29.5 Å². The SMILES string of the molecule is CSCC[C@H](NC(=O)[C@H](Cc1ccccc1)NC(=O)[C@H](CCO)NC(=O)[C@@H](NC(=O)CCSCC(=O)[C@@]1(O)[C@H](C)C[C@H]2[C@@H]3CCC4=CC(=O)C=C[C@]4(C)[C@@]3(F)[C@@H](O)C[C@@]21C)C(C)C)C(N)=O. The predicted octanol–water partition coefficient (Wildman–Crippen LogP) is 2.49. The van der Waals surface area contributed by atoms with Crippen LogP contribution in [0.2, 0.25) is 0 Å². The number of nitrogens with one attached hydrogen (secondary N) is 4. The molecule has 0 radical (unpaired) electrons. The first-order valence-corrected chi connectivity index (χ1v) is 25.4. The normalized spacial score (nSPS) is 30.7. The maximum atomic E-state index is 17.6. The second kappa shape index (κ2) is 21.9. The maximum absolute atomic E-state index is 17.6. The summed E-state index contributed by atoms with van der Waals surface area (Å²) in [6, 6.07) is 4.29. The largest absolute Gasteiger partial charge is 0.396 e. The molecule has 12 atom stereocenters. The number of carbonyl (C=O) groups is 7. The van der Waals surface area contributed by atoms with Gasteiger partial charge in [0, 0.05) is 41.9 Å². The average molecular weight is 958 g/mol. The van der Waals surface area contributed by atoms with Gasteiger partial charge in [-0.15, -0.1) is 0 Å². The number of fused-ring (bicyclic) bond motifs is 5. The molecule has 0 bridgehead atoms. The number of halogens is 1. The number of Topliss-reactive ketones (excluding diaryl/α,β-unsaturated/α-hetero) is 1. The highest BCUT2D eigenvalue weighted by Gasteiger charge is 2.75. The van der Waals surface area contributed by atoms with E-state index in [0.29, 0.717) is 36.2 Å². The third-order valence-corrected chi connectivity index (χ3v) is 16.5. The highest BCUT2D eigenvalue weighted by molar-refractivity contribution is 8.00. The smallest absolute Gasteiger partial charge is 0.243 e. The molecule has 18 heteroatoms. The number of carbonyl (C=O) groups excluding carboxylic acids is 7. The van der Waals surface area contributed by atoms with E-state index >= 15 is 4.39 Å². The Kier molecular flexibility index (Phi) is 17.5. The molecule has 4 aliphatic rings. The molecule has 5 rings (SSSR count). The van der Waals surface area contributed by atoms with Crippen LogP contribution in [0.3, 0.4) is 0 Å². The van der Waals surface area contributed by atoms with Crippen molar-refractivity contribution < 1.29 is 53.3 Å². The summed E-state index contributed by atoms with van der Waals surface area (Å²) < 4.78 is 17.6. The van der Waals surface area contributed by atoms with Crippen molar-refractivity contribution in [3.63, 3.8) is 0 Å². The van der Waals surface area contributed by atoms with Gasteiger partial charge >= 0.3 is 0 Å². The Balaban J connectivity index is 1.18. The topological polar surface area (TPSA) is 254 Å². The number of primary amides is 1. The second-order valence-electron chi connectivity index (χ2n) is 19.3. The Morgan fingerprint density at radius 3 is 2.21 bits per heavy atom. The molecular weight excluding hydrogens is 890 g/mol. The zero-order valence-corrected chi connectivity index (χ0v) is 40.4. The van der Waals surface area contributed by atoms with E-state index in [1.54, 1.807) is 71.0 Å². The summed E-state index contributed by atoms with van der Waals surface area (Å²) >= 11 is 2.61. The summed E-state index contributed by atoms with van der Waals surface area (Å²) in [5.74, 6) is -5.56. The number of ketones is 2. The van der Waals surface area contributed by atoms with E-state index < -0.39 is 118 Å². The molecule has 0 spiro atoms. The standard InChI is InChI=1S/C48H68FN5O10S2/c1-27(2)40(44(63)52-35(15-19-55)42(61)53-36(23-29-10-8-7-9-11-29)43(62)51-34(41(50)60)16-20-65-6)54-39(59)17-21-66-26-38(58)48(64)28(3)22-33-32-13-12-30-24-31(56)14-18-45(30,4)47(32,49)37(57)25-46(33,48)5/h7-11,14,18,24,27-28,32-37,40,55,57,64H,12-13,15-17,19-23,25-26H2,1-6H3,(H2,50,60)(H,51,62)(H,52,63)(H,53,61)(H,54,59)/t28-,32+,33+,34+,35+,36+,37+,40+,45+,46+,47+,48+/m1/s1. The van der Waals surface area contributed by atoms with Gasteiger partial charge in [-0.2, -0.15) is 23.5 Å². The second-order valence-corrected chi connectivity index (χ2v) is 21.3. The predicted molar refractivity (Wildman–Crippen MR) is 251 cm³/mol. The van der Waals surface area contributed by atoms with Crippen molar-refractivity contribution in [1.82, 2.24) is 21.3 Å². The number of thioether (sulfide) groups is 2. The molecule has 0 saturated heterocycles. The summed E-state index contributed by atoms with van der Waals surface area (Å²) in [6.07, 6.45) is 5.81. The molecule has 15 nitrogen and oxygen atoms in total. The maximum Gasteiger partial charge on any atom is 0.243 e. The first kappa shape index (κ1) is 52.9. The van der Waals surface area contributed by atoms with Crippen molar-refractivity contribution in [2.45, 2.75) is 128 Å². The van der Waals surface area contributed by atoms with E-state index in [1.165, 1.54) is 23.9 Å². The molecule has 0 aromatic heterocycles. The Labute approximate surface area is 395 Å². The molecule has 0 unspecified atom stereocenters. The molecule has 5 amide bonds. The number of aliphatic hydroxyl groups excluding tert-OH is 2. The van der Waals surface area contributed by atoms with E-state index in [9.17, 15) is 48.9 Å². The van der Waals surface area contributed by atoms with Gasteiger partial charge in [-0.05, 0) is 92.9 Å². The fraction of sp³-hybridized carbons (Fsp3) is 0.646. The number of rotatable bonds is 22. The molecule has 0 aliphatic heterocycles. The molecule has 1 aromatic carbocycles. The van der Waals surface area contributed by atoms with Gasteiger partial charge in [0.15, 0.2) is 17.2 Å². The first-order chi connectivity index (χ1) is 31.1. The van der Waals surface area contributed by atoms with Gasteiger partial charge in [0.1, 0.15) is 29.8 Å². The van der Waals surface area contributed by atoms with E-state index in [1.807, 2.05) is 6.26 Å². The third kappa shape index (κ3) is 10.6. The van der Waals surface area contributed by atoms with E-state index in [4.69, 9.17) is 5.73 Å². The van der Waals surface area contributed by atoms with Crippen molar-refractivity contribution in [3.8, 4) is 0 Å². The van der Waals surface area contributed by atoms with Crippen molar-refractivity contribution >= 4 is 64.6 Å². The average Bonchev–Trinajstić information content (AvgIpc) is 3.47. The number of hydrogen-bond donors (Lipinski definition) is 8. The lowest BCUT2D eigenvalue weighted by Crippen LogP contribution is -2.69. The number of amides is 5. The third-order valence-electron chi connectivity index (χ3n) is 14.9. The summed E-state index contributed by atoms with van der Waals surface area (Å²) in [5, 5.41) is 44.5. The number of benzene rings is 1. The van der Waals surface area contributed by atoms with Crippen LogP contribution >= 0.6 is 23.5 Å². The minimum Gasteiger partial charge on any atom is -0.396 e. The van der Waals surface area contributed by atoms with Crippen LogP contribution in [0.1, 0.15) is 85.1 Å². The fourth-order valence-electron chi connectivity index (χ4n) is 11.1. The van der Waals surface area contributed by atoms with Gasteiger partial charge < -0.3 is 42.3 Å². The zero-order chi connectivity index (χ0) is 48.8. The molecule has 4 aliphatic carbocycles. The number of allylic oxidation sites excluding steroid dienone is 4. The van der Waals surface area contributed by atoms with Gasteiger partial charge in [0.25, 0.3) is 0 Å². The minimum atomic E-state index is -2.10. The van der Waals surface area contributed by atoms with Crippen LogP contribution in [0.25, 0.3) is 0 Å². The van der Waals surface area contributed by atoms with E-state index in [-0.39, 0.29) is 49.4 Å². The monoisotopic (exact) mass is 957 g/mol. The van der Waals surface area contributed by atoms with Crippen LogP contribution in [0.5, 0.6) is 0 Å². The summed E-state index contributed by atoms with van der Waals surface area (Å²) in [4.78, 5) is 92.6. The summed E-state index contributed by atoms with van der Waals surface area (Å²) in [7, 11) is 0. The van der Waals surface area contributed by atoms with Gasteiger partial charge in [-0.25, -0.2) is 4.39 Å². The lowest BCUT2D eigenvalue weighted by Gasteiger charge is -2.62. The lowest BCUT2D eigenvalue weighted by atomic mass is 9.44. The van der Waals surface area contributed by atoms with Crippen LogP contribution in [0, 0.1) is 34.5 Å². The molecule has 3 saturated carbocycles. The number of nitrogens with two attached hydrogens (primary N) is 1. The number of hydrogen-bond acceptors (Lipinski definition) is 12.